The predicted octanol–water partition coefficient (Wildman–Crippen LogP) is 1.04. The molecule has 1 aromatic rings. The molecule has 0 aromatic heterocycles. The number of hydrogen-bond donors (Lipinski definition) is 2. The van der Waals surface area contributed by atoms with Gasteiger partial charge in [-0.05, 0) is 30.7 Å². The highest BCUT2D eigenvalue weighted by Gasteiger charge is 2.23. The fraction of sp³-hybridized carbons (Fsp3) is 0.462. The minimum atomic E-state index is -3.61. The Morgan fingerprint density at radius 1 is 1.25 bits per heavy atom. The Bertz CT molecular complexity index is 534. The molecule has 6 nitrogen and oxygen atoms in total. The highest BCUT2D eigenvalue weighted by atomic mass is 32.2. The van der Waals surface area contributed by atoms with E-state index in [2.05, 4.69) is 5.32 Å². The molecule has 1 aromatic carbocycles. The number of rotatable bonds is 7. The number of amides is 1. The number of aliphatic hydroxyl groups excluding tert-OH is 1. The average molecular weight is 300 g/mol. The zero-order valence-electron chi connectivity index (χ0n) is 11.7. The van der Waals surface area contributed by atoms with Crippen LogP contribution in [0.25, 0.3) is 0 Å². The van der Waals surface area contributed by atoms with Crippen LogP contribution in [-0.2, 0) is 14.8 Å². The van der Waals surface area contributed by atoms with E-state index in [1.807, 2.05) is 6.92 Å². The van der Waals surface area contributed by atoms with Gasteiger partial charge in [-0.15, -0.1) is 0 Å². The zero-order valence-corrected chi connectivity index (χ0v) is 12.5. The summed E-state index contributed by atoms with van der Waals surface area (Å²) in [6.07, 6.45) is 0.670. The van der Waals surface area contributed by atoms with Crippen molar-refractivity contribution in [2.45, 2.75) is 25.2 Å². The average Bonchev–Trinajstić information content (AvgIpc) is 2.38. The second kappa shape index (κ2) is 7.37. The predicted molar refractivity (Wildman–Crippen MR) is 76.9 cm³/mol. The first kappa shape index (κ1) is 16.6. The van der Waals surface area contributed by atoms with Crippen molar-refractivity contribution >= 4 is 21.6 Å². The van der Waals surface area contributed by atoms with Crippen molar-refractivity contribution in [2.75, 3.05) is 25.0 Å². The second-order valence-electron chi connectivity index (χ2n) is 4.33. The standard InChI is InChI=1S/C13H20N2O4S/c1-3-8-15(9-10-16)20(18,19)13-6-4-12(5-7-13)14-11(2)17/h4-7,16H,3,8-10H2,1-2H3,(H,14,17). The SMILES string of the molecule is CCCN(CCO)S(=O)(=O)c1ccc(NC(C)=O)cc1. The van der Waals surface area contributed by atoms with Crippen molar-refractivity contribution in [3.8, 4) is 0 Å². The van der Waals surface area contributed by atoms with Crippen molar-refractivity contribution in [1.29, 1.82) is 0 Å². The number of sulfonamides is 1. The molecule has 0 spiro atoms. The Labute approximate surface area is 119 Å². The Balaban J connectivity index is 2.98. The van der Waals surface area contributed by atoms with Crippen molar-refractivity contribution in [3.05, 3.63) is 24.3 Å². The van der Waals surface area contributed by atoms with Crippen molar-refractivity contribution in [2.24, 2.45) is 0 Å². The Morgan fingerprint density at radius 2 is 1.85 bits per heavy atom. The van der Waals surface area contributed by atoms with Crippen molar-refractivity contribution < 1.29 is 18.3 Å². The maximum atomic E-state index is 12.4. The first-order valence-corrected chi connectivity index (χ1v) is 7.84. The molecule has 0 saturated heterocycles. The van der Waals surface area contributed by atoms with Gasteiger partial charge < -0.3 is 10.4 Å². The zero-order chi connectivity index (χ0) is 15.2. The summed E-state index contributed by atoms with van der Waals surface area (Å²) < 4.78 is 26.0. The van der Waals surface area contributed by atoms with E-state index in [1.54, 1.807) is 0 Å². The molecule has 0 radical (unpaired) electrons. The quantitative estimate of drug-likeness (QED) is 0.787. The second-order valence-corrected chi connectivity index (χ2v) is 6.27. The van der Waals surface area contributed by atoms with Gasteiger partial charge in [0.25, 0.3) is 0 Å². The molecule has 0 fully saturated rings. The fourth-order valence-electron chi connectivity index (χ4n) is 1.78. The minimum Gasteiger partial charge on any atom is -0.395 e. The maximum Gasteiger partial charge on any atom is 0.243 e. The third-order valence-corrected chi connectivity index (χ3v) is 4.55. The number of aliphatic hydroxyl groups is 1. The van der Waals surface area contributed by atoms with Gasteiger partial charge in [0.2, 0.25) is 15.9 Å². The molecule has 0 aliphatic carbocycles. The molecule has 2 N–H and O–H groups in total. The molecule has 1 amide bonds. The lowest BCUT2D eigenvalue weighted by atomic mass is 10.3. The van der Waals surface area contributed by atoms with Crippen LogP contribution in [0.4, 0.5) is 5.69 Å². The van der Waals surface area contributed by atoms with Crippen LogP contribution in [0.2, 0.25) is 0 Å². The van der Waals surface area contributed by atoms with E-state index in [0.29, 0.717) is 18.7 Å². The summed E-state index contributed by atoms with van der Waals surface area (Å²) in [7, 11) is -3.61. The number of hydrogen-bond acceptors (Lipinski definition) is 4. The van der Waals surface area contributed by atoms with E-state index in [0.717, 1.165) is 0 Å². The Kier molecular flexibility index (Phi) is 6.12. The molecule has 0 aliphatic heterocycles. The van der Waals surface area contributed by atoms with Crippen molar-refractivity contribution in [3.63, 3.8) is 0 Å². The van der Waals surface area contributed by atoms with Gasteiger partial charge in [0, 0.05) is 25.7 Å². The molecule has 0 unspecified atom stereocenters. The maximum absolute atomic E-state index is 12.4. The van der Waals surface area contributed by atoms with Gasteiger partial charge >= 0.3 is 0 Å². The van der Waals surface area contributed by atoms with Gasteiger partial charge in [-0.25, -0.2) is 8.42 Å². The van der Waals surface area contributed by atoms with E-state index >= 15 is 0 Å². The van der Waals surface area contributed by atoms with Crippen LogP contribution in [0.1, 0.15) is 20.3 Å². The summed E-state index contributed by atoms with van der Waals surface area (Å²) in [5.41, 5.74) is 0.542. The normalized spacial score (nSPS) is 11.6. The van der Waals surface area contributed by atoms with Crippen LogP contribution in [0.15, 0.2) is 29.2 Å². The summed E-state index contributed by atoms with van der Waals surface area (Å²) in [5.74, 6) is -0.214. The lowest BCUT2D eigenvalue weighted by Gasteiger charge is -2.20. The van der Waals surface area contributed by atoms with Gasteiger partial charge in [-0.2, -0.15) is 4.31 Å². The van der Waals surface area contributed by atoms with Crippen LogP contribution in [0, 0.1) is 0 Å². The van der Waals surface area contributed by atoms with E-state index in [4.69, 9.17) is 5.11 Å². The third kappa shape index (κ3) is 4.29. The number of nitrogens with one attached hydrogen (secondary N) is 1. The van der Waals surface area contributed by atoms with E-state index in [1.165, 1.54) is 35.5 Å². The van der Waals surface area contributed by atoms with Crippen molar-refractivity contribution in [1.82, 2.24) is 4.31 Å². The summed E-state index contributed by atoms with van der Waals surface area (Å²) in [6, 6.07) is 5.97. The van der Waals surface area contributed by atoms with Gasteiger partial charge in [0.05, 0.1) is 11.5 Å². The smallest absolute Gasteiger partial charge is 0.243 e. The fourth-order valence-corrected chi connectivity index (χ4v) is 3.30. The largest absolute Gasteiger partial charge is 0.395 e. The van der Waals surface area contributed by atoms with E-state index < -0.39 is 10.0 Å². The molecule has 1 rings (SSSR count). The number of anilines is 1. The molecular weight excluding hydrogens is 280 g/mol. The summed E-state index contributed by atoms with van der Waals surface area (Å²) in [5, 5.41) is 11.5. The van der Waals surface area contributed by atoms with Crippen LogP contribution in [0.5, 0.6) is 0 Å². The molecule has 0 aliphatic rings. The third-order valence-electron chi connectivity index (χ3n) is 2.63. The number of carbonyl (C=O) groups is 1. The van der Waals surface area contributed by atoms with Gasteiger partial charge in [-0.1, -0.05) is 6.92 Å². The van der Waals surface area contributed by atoms with E-state index in [9.17, 15) is 13.2 Å². The molecule has 7 heteroatoms. The van der Waals surface area contributed by atoms with Gasteiger partial charge in [0.15, 0.2) is 0 Å². The summed E-state index contributed by atoms with van der Waals surface area (Å²) >= 11 is 0. The molecule has 112 valence electrons. The van der Waals surface area contributed by atoms with E-state index in [-0.39, 0.29) is 24.0 Å². The molecule has 0 bridgehead atoms. The lowest BCUT2D eigenvalue weighted by Crippen LogP contribution is -2.34. The molecule has 0 atom stereocenters. The van der Waals surface area contributed by atoms with Crippen LogP contribution >= 0.6 is 0 Å². The summed E-state index contributed by atoms with van der Waals surface area (Å²) in [6.45, 7) is 3.47. The molecule has 0 saturated carbocycles. The number of benzene rings is 1. The topological polar surface area (TPSA) is 86.7 Å². The monoisotopic (exact) mass is 300 g/mol. The van der Waals surface area contributed by atoms with Gasteiger partial charge in [-0.3, -0.25) is 4.79 Å². The summed E-state index contributed by atoms with van der Waals surface area (Å²) in [4.78, 5) is 11.1. The molecular formula is C13H20N2O4S. The van der Waals surface area contributed by atoms with Crippen LogP contribution in [0.3, 0.4) is 0 Å². The molecule has 20 heavy (non-hydrogen) atoms. The van der Waals surface area contributed by atoms with Crippen LogP contribution < -0.4 is 5.32 Å². The highest BCUT2D eigenvalue weighted by molar-refractivity contribution is 7.89. The van der Waals surface area contributed by atoms with Crippen LogP contribution in [-0.4, -0.2) is 43.4 Å². The van der Waals surface area contributed by atoms with Gasteiger partial charge in [0.1, 0.15) is 0 Å². The first-order chi connectivity index (χ1) is 9.41. The first-order valence-electron chi connectivity index (χ1n) is 6.40. The highest BCUT2D eigenvalue weighted by Crippen LogP contribution is 2.18. The Morgan fingerprint density at radius 3 is 2.30 bits per heavy atom. The lowest BCUT2D eigenvalue weighted by molar-refractivity contribution is -0.114. The minimum absolute atomic E-state index is 0.0730. The number of carbonyl (C=O) groups excluding carboxylic acids is 1. The number of nitrogens with zero attached hydrogens (tertiary/aromatic N) is 1. The molecule has 0 heterocycles. The Hall–Kier alpha value is -1.44.